The molecule has 1 aromatic carbocycles. The summed E-state index contributed by atoms with van der Waals surface area (Å²) in [5, 5.41) is 5.28. The molecule has 1 saturated heterocycles. The van der Waals surface area contributed by atoms with Crippen molar-refractivity contribution in [2.45, 2.75) is 33.3 Å². The van der Waals surface area contributed by atoms with Crippen molar-refractivity contribution in [3.05, 3.63) is 53.0 Å². The van der Waals surface area contributed by atoms with Crippen LogP contribution in [0, 0.1) is 13.8 Å². The molecule has 0 radical (unpaired) electrons. The van der Waals surface area contributed by atoms with Gasteiger partial charge in [-0.05, 0) is 39.3 Å². The molecule has 158 valence electrons. The number of aryl methyl sites for hydroxylation is 3. The molecule has 30 heavy (non-hydrogen) atoms. The van der Waals surface area contributed by atoms with Gasteiger partial charge in [-0.25, -0.2) is 4.79 Å². The van der Waals surface area contributed by atoms with Crippen LogP contribution < -0.4 is 4.90 Å². The number of aromatic nitrogens is 3. The molecule has 7 heteroatoms. The van der Waals surface area contributed by atoms with Gasteiger partial charge in [0.15, 0.2) is 0 Å². The van der Waals surface area contributed by atoms with Crippen LogP contribution in [-0.4, -0.2) is 47.0 Å². The van der Waals surface area contributed by atoms with E-state index in [1.54, 1.807) is 10.9 Å². The van der Waals surface area contributed by atoms with E-state index in [2.05, 4.69) is 47.9 Å². The first-order valence-electron chi connectivity index (χ1n) is 10.3. The zero-order valence-electron chi connectivity index (χ0n) is 18.2. The van der Waals surface area contributed by atoms with E-state index in [4.69, 9.17) is 9.47 Å². The van der Waals surface area contributed by atoms with E-state index in [1.807, 2.05) is 26.4 Å². The van der Waals surface area contributed by atoms with E-state index in [0.29, 0.717) is 31.9 Å². The Hall–Kier alpha value is -2.93. The first-order chi connectivity index (χ1) is 14.3. The van der Waals surface area contributed by atoms with Crippen LogP contribution in [0.15, 0.2) is 30.7 Å². The molecule has 0 spiro atoms. The number of anilines is 1. The number of ether oxygens (including phenoxy) is 2. The van der Waals surface area contributed by atoms with Gasteiger partial charge in [0.2, 0.25) is 0 Å². The fraction of sp³-hybridized carbons (Fsp3) is 0.435. The lowest BCUT2D eigenvalue weighted by atomic mass is 9.95. The monoisotopic (exact) mass is 408 g/mol. The SMILES string of the molecule is CCOC(=O)c1cnc2c(C)cc(C)cc2c1N1CCOC(C)(c2cnn(C)c2)C1. The molecular formula is C23H28N4O3. The highest BCUT2D eigenvalue weighted by atomic mass is 16.5. The maximum atomic E-state index is 12.8. The number of nitrogens with zero attached hydrogens (tertiary/aromatic N) is 4. The summed E-state index contributed by atoms with van der Waals surface area (Å²) >= 11 is 0. The summed E-state index contributed by atoms with van der Waals surface area (Å²) < 4.78 is 13.3. The Kier molecular flexibility index (Phi) is 5.24. The molecule has 0 amide bonds. The third-order valence-electron chi connectivity index (χ3n) is 5.68. The molecule has 1 aliphatic heterocycles. The minimum Gasteiger partial charge on any atom is -0.462 e. The maximum Gasteiger partial charge on any atom is 0.341 e. The summed E-state index contributed by atoms with van der Waals surface area (Å²) in [6.45, 7) is 10.1. The van der Waals surface area contributed by atoms with Gasteiger partial charge in [-0.1, -0.05) is 11.6 Å². The smallest absolute Gasteiger partial charge is 0.341 e. The lowest BCUT2D eigenvalue weighted by Crippen LogP contribution is -2.48. The number of fused-ring (bicyclic) bond motifs is 1. The Labute approximate surface area is 176 Å². The fourth-order valence-electron chi connectivity index (χ4n) is 4.28. The second-order valence-corrected chi connectivity index (χ2v) is 8.12. The lowest BCUT2D eigenvalue weighted by molar-refractivity contribution is -0.0466. The molecule has 1 aliphatic rings. The number of hydrogen-bond donors (Lipinski definition) is 0. The number of carbonyl (C=O) groups excluding carboxylic acids is 1. The minimum atomic E-state index is -0.535. The van der Waals surface area contributed by atoms with E-state index >= 15 is 0 Å². The zero-order chi connectivity index (χ0) is 21.5. The molecular weight excluding hydrogens is 380 g/mol. The number of morpholine rings is 1. The summed E-state index contributed by atoms with van der Waals surface area (Å²) in [5.41, 5.74) is 4.95. The van der Waals surface area contributed by atoms with Crippen molar-refractivity contribution in [2.24, 2.45) is 7.05 Å². The van der Waals surface area contributed by atoms with Gasteiger partial charge in [-0.2, -0.15) is 5.10 Å². The standard InChI is InChI=1S/C23H28N4O3/c1-6-29-22(28)19-12-24-20-16(3)9-15(2)10-18(20)21(19)27-7-8-30-23(4,14-27)17-11-25-26(5)13-17/h9-13H,6-8,14H2,1-5H3. The highest BCUT2D eigenvalue weighted by Gasteiger charge is 2.37. The first-order valence-corrected chi connectivity index (χ1v) is 10.3. The molecule has 1 atom stereocenters. The topological polar surface area (TPSA) is 69.5 Å². The Balaban J connectivity index is 1.87. The molecule has 0 N–H and O–H groups in total. The molecule has 1 unspecified atom stereocenters. The van der Waals surface area contributed by atoms with Crippen LogP contribution in [0.3, 0.4) is 0 Å². The van der Waals surface area contributed by atoms with Crippen molar-refractivity contribution in [1.29, 1.82) is 0 Å². The molecule has 0 saturated carbocycles. The lowest BCUT2D eigenvalue weighted by Gasteiger charge is -2.42. The first kappa shape index (κ1) is 20.3. The Morgan fingerprint density at radius 1 is 1.30 bits per heavy atom. The van der Waals surface area contributed by atoms with E-state index < -0.39 is 5.60 Å². The Morgan fingerprint density at radius 3 is 2.80 bits per heavy atom. The van der Waals surface area contributed by atoms with Gasteiger partial charge in [-0.3, -0.25) is 9.67 Å². The number of pyridine rings is 1. The van der Waals surface area contributed by atoms with Crippen molar-refractivity contribution in [2.75, 3.05) is 31.2 Å². The van der Waals surface area contributed by atoms with Crippen molar-refractivity contribution in [3.8, 4) is 0 Å². The third-order valence-corrected chi connectivity index (χ3v) is 5.68. The van der Waals surface area contributed by atoms with Crippen LogP contribution in [0.5, 0.6) is 0 Å². The van der Waals surface area contributed by atoms with E-state index in [1.165, 1.54) is 0 Å². The normalized spacial score (nSPS) is 19.3. The van der Waals surface area contributed by atoms with Crippen LogP contribution in [-0.2, 0) is 22.1 Å². The zero-order valence-corrected chi connectivity index (χ0v) is 18.2. The molecule has 2 aromatic heterocycles. The van der Waals surface area contributed by atoms with Crippen LogP contribution >= 0.6 is 0 Å². The van der Waals surface area contributed by atoms with Gasteiger partial charge >= 0.3 is 5.97 Å². The number of benzene rings is 1. The molecule has 4 rings (SSSR count). The highest BCUT2D eigenvalue weighted by Crippen LogP contribution is 2.37. The minimum absolute atomic E-state index is 0.319. The van der Waals surface area contributed by atoms with Crippen molar-refractivity contribution in [3.63, 3.8) is 0 Å². The second kappa shape index (κ2) is 7.72. The predicted octanol–water partition coefficient (Wildman–Crippen LogP) is 3.51. The highest BCUT2D eigenvalue weighted by molar-refractivity contribution is 6.06. The van der Waals surface area contributed by atoms with Gasteiger partial charge in [-0.15, -0.1) is 0 Å². The average molecular weight is 409 g/mol. The number of hydrogen-bond acceptors (Lipinski definition) is 6. The summed E-state index contributed by atoms with van der Waals surface area (Å²) in [6.07, 6.45) is 5.47. The number of carbonyl (C=O) groups is 1. The largest absolute Gasteiger partial charge is 0.462 e. The van der Waals surface area contributed by atoms with Gasteiger partial charge in [0.1, 0.15) is 11.2 Å². The molecule has 3 heterocycles. The van der Waals surface area contributed by atoms with Crippen LogP contribution in [0.25, 0.3) is 10.9 Å². The molecule has 1 fully saturated rings. The summed E-state index contributed by atoms with van der Waals surface area (Å²) in [6, 6.07) is 4.21. The third kappa shape index (κ3) is 3.54. The molecule has 0 aliphatic carbocycles. The molecule has 7 nitrogen and oxygen atoms in total. The van der Waals surface area contributed by atoms with Gasteiger partial charge in [0.25, 0.3) is 0 Å². The quantitative estimate of drug-likeness (QED) is 0.616. The molecule has 3 aromatic rings. The van der Waals surface area contributed by atoms with Crippen LogP contribution in [0.2, 0.25) is 0 Å². The van der Waals surface area contributed by atoms with Crippen molar-refractivity contribution < 1.29 is 14.3 Å². The fourth-order valence-corrected chi connectivity index (χ4v) is 4.28. The second-order valence-electron chi connectivity index (χ2n) is 8.12. The van der Waals surface area contributed by atoms with E-state index in [0.717, 1.165) is 33.3 Å². The Morgan fingerprint density at radius 2 is 2.10 bits per heavy atom. The van der Waals surface area contributed by atoms with E-state index in [-0.39, 0.29) is 5.97 Å². The summed E-state index contributed by atoms with van der Waals surface area (Å²) in [5.74, 6) is -0.351. The average Bonchev–Trinajstić information content (AvgIpc) is 3.14. The number of esters is 1. The summed E-state index contributed by atoms with van der Waals surface area (Å²) in [7, 11) is 1.90. The predicted molar refractivity (Wildman–Crippen MR) is 116 cm³/mol. The number of rotatable bonds is 4. The molecule has 0 bridgehead atoms. The van der Waals surface area contributed by atoms with Crippen molar-refractivity contribution >= 4 is 22.6 Å². The summed E-state index contributed by atoms with van der Waals surface area (Å²) in [4.78, 5) is 19.7. The van der Waals surface area contributed by atoms with Gasteiger partial charge < -0.3 is 14.4 Å². The Bertz CT molecular complexity index is 1110. The van der Waals surface area contributed by atoms with Crippen molar-refractivity contribution in [1.82, 2.24) is 14.8 Å². The van der Waals surface area contributed by atoms with Gasteiger partial charge in [0.05, 0.1) is 37.2 Å². The van der Waals surface area contributed by atoms with Crippen LogP contribution in [0.4, 0.5) is 5.69 Å². The van der Waals surface area contributed by atoms with Gasteiger partial charge in [0, 0.05) is 36.9 Å². The van der Waals surface area contributed by atoms with Crippen LogP contribution in [0.1, 0.15) is 40.9 Å². The maximum absolute atomic E-state index is 12.8. The van der Waals surface area contributed by atoms with E-state index in [9.17, 15) is 4.79 Å².